The van der Waals surface area contributed by atoms with Crippen LogP contribution in [0.5, 0.6) is 11.5 Å². The fraction of sp³-hybridized carbons (Fsp3) is 0.233. The number of aromatic nitrogens is 2. The third-order valence-corrected chi connectivity index (χ3v) is 8.94. The van der Waals surface area contributed by atoms with Crippen molar-refractivity contribution >= 4 is 45.3 Å². The number of benzene rings is 2. The quantitative estimate of drug-likeness (QED) is 0.233. The van der Waals surface area contributed by atoms with Gasteiger partial charge in [-0.2, -0.15) is 0 Å². The van der Waals surface area contributed by atoms with Gasteiger partial charge in [0.25, 0.3) is 5.91 Å². The summed E-state index contributed by atoms with van der Waals surface area (Å²) in [4.78, 5) is 50.5. The van der Waals surface area contributed by atoms with Crippen molar-refractivity contribution < 1.29 is 29.0 Å². The van der Waals surface area contributed by atoms with Crippen molar-refractivity contribution in [3.05, 3.63) is 97.1 Å². The first-order chi connectivity index (χ1) is 19.6. The molecular weight excluding hydrogens is 562 g/mol. The van der Waals surface area contributed by atoms with Crippen LogP contribution in [0.3, 0.4) is 0 Å². The Hall–Kier alpha value is -4.35. The highest BCUT2D eigenvalue weighted by atomic mass is 32.1. The SMILES string of the molecule is COc1cc(C2C(C(=O)c3sc(C)nc3C)=C(O)C(=O)N2c2nc(C)c(C(C)=O)s2)ccc1OCc1ccccc1. The molecule has 1 N–H and O–H groups in total. The summed E-state index contributed by atoms with van der Waals surface area (Å²) >= 11 is 2.23. The third kappa shape index (κ3) is 5.25. The van der Waals surface area contributed by atoms with E-state index in [-0.39, 0.29) is 16.5 Å². The van der Waals surface area contributed by atoms with Crippen molar-refractivity contribution in [3.8, 4) is 11.5 Å². The van der Waals surface area contributed by atoms with Gasteiger partial charge < -0.3 is 14.6 Å². The number of aliphatic hydroxyl groups excluding tert-OH is 1. The first kappa shape index (κ1) is 28.2. The fourth-order valence-corrected chi connectivity index (χ4v) is 6.60. The average molecular weight is 590 g/mol. The Kier molecular flexibility index (Phi) is 7.74. The second-order valence-corrected chi connectivity index (χ2v) is 11.6. The molecular formula is C30H27N3O6S2. The second kappa shape index (κ2) is 11.3. The molecule has 0 bridgehead atoms. The van der Waals surface area contributed by atoms with Gasteiger partial charge in [0.15, 0.2) is 28.2 Å². The normalized spacial score (nSPS) is 15.0. The fourth-order valence-electron chi connectivity index (χ4n) is 4.73. The Morgan fingerprint density at radius 2 is 1.68 bits per heavy atom. The van der Waals surface area contributed by atoms with E-state index < -0.39 is 23.5 Å². The number of amides is 1. The van der Waals surface area contributed by atoms with Gasteiger partial charge in [0, 0.05) is 6.92 Å². The molecule has 210 valence electrons. The number of methoxy groups -OCH3 is 1. The summed E-state index contributed by atoms with van der Waals surface area (Å²) in [5.74, 6) is -1.31. The summed E-state index contributed by atoms with van der Waals surface area (Å²) in [6.07, 6.45) is 0. The van der Waals surface area contributed by atoms with E-state index in [0.29, 0.717) is 49.8 Å². The van der Waals surface area contributed by atoms with Crippen LogP contribution in [0.25, 0.3) is 0 Å². The van der Waals surface area contributed by atoms with Gasteiger partial charge in [-0.3, -0.25) is 19.3 Å². The van der Waals surface area contributed by atoms with Crippen LogP contribution in [-0.4, -0.2) is 39.7 Å². The lowest BCUT2D eigenvalue weighted by atomic mass is 9.95. The predicted octanol–water partition coefficient (Wildman–Crippen LogP) is 6.10. The summed E-state index contributed by atoms with van der Waals surface area (Å²) in [5.41, 5.74) is 2.33. The van der Waals surface area contributed by atoms with Gasteiger partial charge >= 0.3 is 0 Å². The van der Waals surface area contributed by atoms with Gasteiger partial charge in [0.05, 0.1) is 44.9 Å². The van der Waals surface area contributed by atoms with Crippen LogP contribution in [0.15, 0.2) is 59.9 Å². The lowest BCUT2D eigenvalue weighted by Gasteiger charge is -2.25. The van der Waals surface area contributed by atoms with Gasteiger partial charge in [-0.15, -0.1) is 11.3 Å². The van der Waals surface area contributed by atoms with Gasteiger partial charge in [-0.25, -0.2) is 9.97 Å². The Bertz CT molecular complexity index is 1710. The zero-order chi connectivity index (χ0) is 29.4. The van der Waals surface area contributed by atoms with Gasteiger partial charge in [-0.05, 0) is 44.0 Å². The minimum atomic E-state index is -1.04. The van der Waals surface area contributed by atoms with Crippen molar-refractivity contribution in [1.82, 2.24) is 9.97 Å². The monoisotopic (exact) mass is 589 g/mol. The number of nitrogens with zero attached hydrogens (tertiary/aromatic N) is 3. The minimum absolute atomic E-state index is 0.0982. The number of thiazole rings is 2. The van der Waals surface area contributed by atoms with Crippen LogP contribution in [0, 0.1) is 20.8 Å². The van der Waals surface area contributed by atoms with Crippen LogP contribution >= 0.6 is 22.7 Å². The summed E-state index contributed by atoms with van der Waals surface area (Å²) in [7, 11) is 1.50. The lowest BCUT2D eigenvalue weighted by Crippen LogP contribution is -2.31. The van der Waals surface area contributed by atoms with E-state index in [4.69, 9.17) is 9.47 Å². The number of anilines is 1. The first-order valence-electron chi connectivity index (χ1n) is 12.7. The maximum absolute atomic E-state index is 13.9. The first-order valence-corrected chi connectivity index (χ1v) is 14.3. The van der Waals surface area contributed by atoms with Crippen molar-refractivity contribution in [2.75, 3.05) is 12.0 Å². The standard InChI is InChI=1S/C30H27N3O6S2/c1-15-27(17(3)34)41-30(32-15)33-24(23(26(36)29(33)37)25(35)28-16(2)31-18(4)40-28)20-11-12-21(22(13-20)38-5)39-14-19-9-7-6-8-10-19/h6-13,24,36H,14H2,1-5H3. The third-order valence-electron chi connectivity index (χ3n) is 6.61. The zero-order valence-corrected chi connectivity index (χ0v) is 24.7. The molecule has 2 aromatic heterocycles. The molecule has 0 aliphatic carbocycles. The number of hydrogen-bond acceptors (Lipinski definition) is 10. The van der Waals surface area contributed by atoms with Crippen LogP contribution in [0.1, 0.15) is 59.8 Å². The zero-order valence-electron chi connectivity index (χ0n) is 23.0. The molecule has 4 aromatic rings. The molecule has 1 atom stereocenters. The molecule has 9 nitrogen and oxygen atoms in total. The number of carbonyl (C=O) groups excluding carboxylic acids is 3. The Labute approximate surface area is 244 Å². The highest BCUT2D eigenvalue weighted by Crippen LogP contribution is 2.46. The maximum atomic E-state index is 13.9. The minimum Gasteiger partial charge on any atom is -0.503 e. The Balaban J connectivity index is 1.61. The smallest absolute Gasteiger partial charge is 0.296 e. The number of aliphatic hydroxyl groups is 1. The number of rotatable bonds is 9. The van der Waals surface area contributed by atoms with Crippen molar-refractivity contribution in [2.45, 2.75) is 40.3 Å². The topological polar surface area (TPSA) is 119 Å². The van der Waals surface area contributed by atoms with E-state index in [1.165, 1.54) is 30.3 Å². The molecule has 1 amide bonds. The molecule has 0 radical (unpaired) electrons. The predicted molar refractivity (Wildman–Crippen MR) is 156 cm³/mol. The number of aryl methyl sites for hydroxylation is 3. The van der Waals surface area contributed by atoms with E-state index in [1.807, 2.05) is 30.3 Å². The summed E-state index contributed by atoms with van der Waals surface area (Å²) in [6.45, 7) is 6.91. The number of ether oxygens (including phenoxy) is 2. The number of carbonyl (C=O) groups is 3. The maximum Gasteiger partial charge on any atom is 0.296 e. The highest BCUT2D eigenvalue weighted by Gasteiger charge is 2.47. The Morgan fingerprint density at radius 1 is 0.976 bits per heavy atom. The summed E-state index contributed by atoms with van der Waals surface area (Å²) in [5, 5.41) is 12.0. The highest BCUT2D eigenvalue weighted by molar-refractivity contribution is 7.18. The van der Waals surface area contributed by atoms with Crippen LogP contribution in [0.2, 0.25) is 0 Å². The number of Topliss-reactive ketones (excluding diaryl/α,β-unsaturated/α-hetero) is 2. The molecule has 5 rings (SSSR count). The summed E-state index contributed by atoms with van der Waals surface area (Å²) < 4.78 is 11.6. The molecule has 0 fully saturated rings. The van der Waals surface area contributed by atoms with Crippen LogP contribution < -0.4 is 14.4 Å². The molecule has 11 heteroatoms. The van der Waals surface area contributed by atoms with Crippen molar-refractivity contribution in [3.63, 3.8) is 0 Å². The largest absolute Gasteiger partial charge is 0.503 e. The molecule has 2 aromatic carbocycles. The second-order valence-electron chi connectivity index (χ2n) is 9.47. The molecule has 1 aliphatic rings. The number of hydrogen-bond donors (Lipinski definition) is 1. The average Bonchev–Trinajstić information content (AvgIpc) is 3.59. The van der Waals surface area contributed by atoms with Crippen LogP contribution in [-0.2, 0) is 11.4 Å². The molecule has 0 saturated carbocycles. The molecule has 0 spiro atoms. The molecule has 1 unspecified atom stereocenters. The van der Waals surface area contributed by atoms with E-state index in [0.717, 1.165) is 16.9 Å². The van der Waals surface area contributed by atoms with Crippen molar-refractivity contribution in [2.24, 2.45) is 0 Å². The van der Waals surface area contributed by atoms with Gasteiger partial charge in [0.1, 0.15) is 6.61 Å². The lowest BCUT2D eigenvalue weighted by molar-refractivity contribution is -0.117. The Morgan fingerprint density at radius 3 is 2.29 bits per heavy atom. The molecule has 1 aliphatic heterocycles. The molecule has 0 saturated heterocycles. The molecule has 41 heavy (non-hydrogen) atoms. The van der Waals surface area contributed by atoms with Gasteiger partial charge in [0.2, 0.25) is 5.78 Å². The van der Waals surface area contributed by atoms with E-state index in [2.05, 4.69) is 9.97 Å². The van der Waals surface area contributed by atoms with Crippen molar-refractivity contribution in [1.29, 1.82) is 0 Å². The van der Waals surface area contributed by atoms with E-state index >= 15 is 0 Å². The number of ketones is 2. The summed E-state index contributed by atoms with van der Waals surface area (Å²) in [6, 6.07) is 13.7. The van der Waals surface area contributed by atoms with E-state index in [9.17, 15) is 19.5 Å². The van der Waals surface area contributed by atoms with E-state index in [1.54, 1.807) is 39.0 Å². The van der Waals surface area contributed by atoms with Crippen LogP contribution in [0.4, 0.5) is 5.13 Å². The van der Waals surface area contributed by atoms with Gasteiger partial charge in [-0.1, -0.05) is 47.7 Å². The molecule has 3 heterocycles.